The highest BCUT2D eigenvalue weighted by molar-refractivity contribution is 6.06. The number of carbonyl (C=O) groups is 1. The van der Waals surface area contributed by atoms with E-state index in [2.05, 4.69) is 15.2 Å². The normalized spacial score (nSPS) is 13.9. The highest BCUT2D eigenvalue weighted by Gasteiger charge is 2.31. The van der Waals surface area contributed by atoms with Gasteiger partial charge in [-0.25, -0.2) is 4.98 Å². The second-order valence-electron chi connectivity index (χ2n) is 9.34. The van der Waals surface area contributed by atoms with Crippen LogP contribution in [0.5, 0.6) is 17.2 Å². The maximum Gasteiger partial charge on any atom is 0.416 e. The van der Waals surface area contributed by atoms with Gasteiger partial charge in [0.15, 0.2) is 0 Å². The molecule has 3 N–H and O–H groups in total. The molecule has 0 unspecified atom stereocenters. The van der Waals surface area contributed by atoms with Crippen molar-refractivity contribution in [3.05, 3.63) is 84.1 Å². The molecule has 1 fully saturated rings. The van der Waals surface area contributed by atoms with Crippen LogP contribution in [0.25, 0.3) is 10.8 Å². The van der Waals surface area contributed by atoms with Crippen LogP contribution in [-0.4, -0.2) is 42.0 Å². The van der Waals surface area contributed by atoms with Gasteiger partial charge in [0, 0.05) is 36.1 Å². The number of fused-ring (bicyclic) bond motifs is 1. The van der Waals surface area contributed by atoms with Gasteiger partial charge in [0.05, 0.1) is 5.56 Å². The Hall–Kier alpha value is -4.31. The Balaban J connectivity index is 1.33. The van der Waals surface area contributed by atoms with E-state index in [1.54, 1.807) is 42.5 Å². The fourth-order valence-electron chi connectivity index (χ4n) is 4.48. The molecule has 1 aliphatic rings. The summed E-state index contributed by atoms with van der Waals surface area (Å²) in [5.41, 5.74) is 5.09. The van der Waals surface area contributed by atoms with E-state index in [1.165, 1.54) is 12.3 Å². The summed E-state index contributed by atoms with van der Waals surface area (Å²) in [6.45, 7) is 2.82. The Morgan fingerprint density at radius 1 is 0.923 bits per heavy atom. The number of nitrogens with two attached hydrogens (primary N) is 1. The lowest BCUT2D eigenvalue weighted by Gasteiger charge is -2.17. The van der Waals surface area contributed by atoms with Crippen molar-refractivity contribution in [2.24, 2.45) is 0 Å². The zero-order chi connectivity index (χ0) is 27.4. The molecule has 4 aromatic rings. The number of nitrogen functional groups attached to an aromatic ring is 1. The Labute approximate surface area is 223 Å². The number of hydrogen-bond donors (Lipinski definition) is 2. The predicted octanol–water partition coefficient (Wildman–Crippen LogP) is 6.36. The third-order valence-corrected chi connectivity index (χ3v) is 6.43. The average Bonchev–Trinajstić information content (AvgIpc) is 3.41. The van der Waals surface area contributed by atoms with E-state index in [0.717, 1.165) is 48.8 Å². The number of halogens is 3. The standard InChI is InChI=1S/C29H27F3N4O3/c30-29(31,32)22-15-23(17-26(16-22)38-12-11-36-9-1-2-10-36)35-28(37)20-4-3-19-5-6-24(14-21(19)13-20)39-25-7-8-34-27(33)18-25/h3-8,13-18H,1-2,9-12H2,(H2,33,34)(H,35,37). The molecule has 3 aromatic carbocycles. The highest BCUT2D eigenvalue weighted by Crippen LogP contribution is 2.34. The number of alkyl halides is 3. The number of nitrogens with one attached hydrogen (secondary N) is 1. The van der Waals surface area contributed by atoms with Gasteiger partial charge in [-0.2, -0.15) is 13.2 Å². The topological polar surface area (TPSA) is 89.7 Å². The Bertz CT molecular complexity index is 1490. The molecule has 1 aliphatic heterocycles. The number of amides is 1. The van der Waals surface area contributed by atoms with Gasteiger partial charge in [0.25, 0.3) is 5.91 Å². The maximum absolute atomic E-state index is 13.6. The fraction of sp³-hybridized carbons (Fsp3) is 0.241. The molecule has 2 heterocycles. The Morgan fingerprint density at radius 2 is 1.69 bits per heavy atom. The molecule has 39 heavy (non-hydrogen) atoms. The molecule has 0 radical (unpaired) electrons. The molecular formula is C29H27F3N4O3. The van der Waals surface area contributed by atoms with E-state index >= 15 is 0 Å². The van der Waals surface area contributed by atoms with Crippen LogP contribution in [0.3, 0.4) is 0 Å². The number of anilines is 2. The van der Waals surface area contributed by atoms with E-state index in [4.69, 9.17) is 15.2 Å². The van der Waals surface area contributed by atoms with Gasteiger partial charge in [0.2, 0.25) is 0 Å². The number of ether oxygens (including phenoxy) is 2. The molecule has 202 valence electrons. The van der Waals surface area contributed by atoms with E-state index in [-0.39, 0.29) is 23.6 Å². The zero-order valence-electron chi connectivity index (χ0n) is 21.0. The number of likely N-dealkylation sites (tertiary alicyclic amines) is 1. The van der Waals surface area contributed by atoms with Crippen molar-refractivity contribution in [3.8, 4) is 17.2 Å². The van der Waals surface area contributed by atoms with Crippen molar-refractivity contribution >= 4 is 28.2 Å². The molecule has 10 heteroatoms. The molecule has 7 nitrogen and oxygen atoms in total. The summed E-state index contributed by atoms with van der Waals surface area (Å²) in [7, 11) is 0. The van der Waals surface area contributed by atoms with E-state index in [9.17, 15) is 18.0 Å². The number of rotatable bonds is 8. The second kappa shape index (κ2) is 11.2. The first-order valence-electron chi connectivity index (χ1n) is 12.5. The summed E-state index contributed by atoms with van der Waals surface area (Å²) < 4.78 is 52.2. The number of aromatic nitrogens is 1. The summed E-state index contributed by atoms with van der Waals surface area (Å²) in [4.78, 5) is 19.2. The van der Waals surface area contributed by atoms with Gasteiger partial charge in [-0.05, 0) is 79.2 Å². The first-order chi connectivity index (χ1) is 18.7. The van der Waals surface area contributed by atoms with Gasteiger partial charge in [0.1, 0.15) is 29.7 Å². The van der Waals surface area contributed by atoms with Crippen LogP contribution in [0.2, 0.25) is 0 Å². The van der Waals surface area contributed by atoms with Gasteiger partial charge in [-0.15, -0.1) is 0 Å². The molecule has 0 aliphatic carbocycles. The highest BCUT2D eigenvalue weighted by atomic mass is 19.4. The lowest BCUT2D eigenvalue weighted by atomic mass is 10.1. The molecule has 0 spiro atoms. The first-order valence-corrected chi connectivity index (χ1v) is 12.5. The maximum atomic E-state index is 13.6. The Kier molecular flexibility index (Phi) is 7.56. The van der Waals surface area contributed by atoms with Crippen molar-refractivity contribution in [2.45, 2.75) is 19.0 Å². The average molecular weight is 537 g/mol. The van der Waals surface area contributed by atoms with Crippen molar-refractivity contribution in [2.75, 3.05) is 37.3 Å². The van der Waals surface area contributed by atoms with Gasteiger partial charge in [-0.1, -0.05) is 12.1 Å². The molecule has 0 atom stereocenters. The van der Waals surface area contributed by atoms with Crippen LogP contribution in [0, 0.1) is 0 Å². The summed E-state index contributed by atoms with van der Waals surface area (Å²) >= 11 is 0. The molecular weight excluding hydrogens is 509 g/mol. The second-order valence-corrected chi connectivity index (χ2v) is 9.34. The minimum atomic E-state index is -4.59. The van der Waals surface area contributed by atoms with Crippen LogP contribution in [-0.2, 0) is 6.18 Å². The number of hydrogen-bond acceptors (Lipinski definition) is 6. The molecule has 0 saturated carbocycles. The van der Waals surface area contributed by atoms with Gasteiger partial charge < -0.3 is 20.5 Å². The van der Waals surface area contributed by atoms with Gasteiger partial charge >= 0.3 is 6.18 Å². The van der Waals surface area contributed by atoms with Crippen LogP contribution < -0.4 is 20.5 Å². The minimum Gasteiger partial charge on any atom is -0.492 e. The van der Waals surface area contributed by atoms with Crippen LogP contribution >= 0.6 is 0 Å². The number of benzene rings is 3. The number of pyridine rings is 1. The van der Waals surface area contributed by atoms with E-state index in [0.29, 0.717) is 23.9 Å². The quantitative estimate of drug-likeness (QED) is 0.273. The number of carbonyl (C=O) groups excluding carboxylic acids is 1. The van der Waals surface area contributed by atoms with Crippen LogP contribution in [0.15, 0.2) is 72.9 Å². The fourth-order valence-corrected chi connectivity index (χ4v) is 4.48. The molecule has 1 amide bonds. The van der Waals surface area contributed by atoms with Crippen molar-refractivity contribution in [1.82, 2.24) is 9.88 Å². The van der Waals surface area contributed by atoms with Crippen LogP contribution in [0.4, 0.5) is 24.7 Å². The van der Waals surface area contributed by atoms with Crippen molar-refractivity contribution < 1.29 is 27.4 Å². The van der Waals surface area contributed by atoms with E-state index in [1.807, 2.05) is 6.07 Å². The monoisotopic (exact) mass is 536 g/mol. The minimum absolute atomic E-state index is 0.00143. The third-order valence-electron chi connectivity index (χ3n) is 6.43. The Morgan fingerprint density at radius 3 is 2.46 bits per heavy atom. The first kappa shape index (κ1) is 26.3. The van der Waals surface area contributed by atoms with Crippen molar-refractivity contribution in [1.29, 1.82) is 0 Å². The lowest BCUT2D eigenvalue weighted by molar-refractivity contribution is -0.137. The van der Waals surface area contributed by atoms with Crippen molar-refractivity contribution in [3.63, 3.8) is 0 Å². The summed E-state index contributed by atoms with van der Waals surface area (Å²) in [5.74, 6) is 0.865. The SMILES string of the molecule is Nc1cc(Oc2ccc3ccc(C(=O)Nc4cc(OCCN5CCCC5)cc(C(F)(F)F)c4)cc3c2)ccn1. The number of nitrogens with zero attached hydrogens (tertiary/aromatic N) is 2. The zero-order valence-corrected chi connectivity index (χ0v) is 21.0. The van der Waals surface area contributed by atoms with Crippen LogP contribution in [0.1, 0.15) is 28.8 Å². The molecule has 0 bridgehead atoms. The van der Waals surface area contributed by atoms with E-state index < -0.39 is 17.6 Å². The largest absolute Gasteiger partial charge is 0.492 e. The predicted molar refractivity (Wildman–Crippen MR) is 143 cm³/mol. The lowest BCUT2D eigenvalue weighted by Crippen LogP contribution is -2.25. The summed E-state index contributed by atoms with van der Waals surface area (Å²) in [5, 5.41) is 4.17. The van der Waals surface area contributed by atoms with Gasteiger partial charge in [-0.3, -0.25) is 9.69 Å². The summed E-state index contributed by atoms with van der Waals surface area (Å²) in [6.07, 6.45) is -0.829. The molecule has 5 rings (SSSR count). The molecule has 1 saturated heterocycles. The third kappa shape index (κ3) is 6.77. The smallest absolute Gasteiger partial charge is 0.416 e. The molecule has 1 aromatic heterocycles. The summed E-state index contributed by atoms with van der Waals surface area (Å²) in [6, 6.07) is 16.9.